The Balaban J connectivity index is 3.43. The first kappa shape index (κ1) is 10.7. The fourth-order valence-corrected chi connectivity index (χ4v) is 1.37. The largest absolute Gasteiger partial charge is 0.300 e. The molecule has 1 heteroatoms. The Labute approximate surface area is 70.2 Å². The Bertz CT molecular complexity index is 107. The molecule has 1 unspecified atom stereocenters. The number of hydrogen-bond donors (Lipinski definition) is 0. The molecule has 0 N–H and O–H groups in total. The van der Waals surface area contributed by atoms with Crippen LogP contribution in [0.5, 0.6) is 0 Å². The van der Waals surface area contributed by atoms with Crippen molar-refractivity contribution in [3.63, 3.8) is 0 Å². The predicted molar refractivity (Wildman–Crippen MR) is 48.6 cm³/mol. The Morgan fingerprint density at radius 3 is 2.27 bits per heavy atom. The van der Waals surface area contributed by atoms with Crippen molar-refractivity contribution in [2.75, 3.05) is 0 Å². The molecular formula is C10H20O. The van der Waals surface area contributed by atoms with Gasteiger partial charge in [0.05, 0.1) is 0 Å². The van der Waals surface area contributed by atoms with Crippen molar-refractivity contribution in [1.82, 2.24) is 0 Å². The van der Waals surface area contributed by atoms with Gasteiger partial charge in [0.15, 0.2) is 0 Å². The molecule has 0 aliphatic rings. The molecule has 0 saturated carbocycles. The quantitative estimate of drug-likeness (QED) is 0.577. The molecule has 0 radical (unpaired) electrons. The second kappa shape index (κ2) is 6.38. The van der Waals surface area contributed by atoms with E-state index in [2.05, 4.69) is 13.8 Å². The summed E-state index contributed by atoms with van der Waals surface area (Å²) in [6.07, 6.45) is 5.62. The van der Waals surface area contributed by atoms with Gasteiger partial charge in [-0.1, -0.05) is 33.1 Å². The zero-order valence-electron chi connectivity index (χ0n) is 8.02. The van der Waals surface area contributed by atoms with Crippen LogP contribution in [-0.2, 0) is 4.79 Å². The molecular weight excluding hydrogens is 136 g/mol. The van der Waals surface area contributed by atoms with Crippen LogP contribution in [0.3, 0.4) is 0 Å². The Morgan fingerprint density at radius 2 is 1.91 bits per heavy atom. The average molecular weight is 156 g/mol. The SMILES string of the molecule is CCCC(CC)CCC(C)=O. The van der Waals surface area contributed by atoms with E-state index in [1.807, 2.05) is 0 Å². The summed E-state index contributed by atoms with van der Waals surface area (Å²) in [4.78, 5) is 10.7. The summed E-state index contributed by atoms with van der Waals surface area (Å²) < 4.78 is 0. The van der Waals surface area contributed by atoms with Gasteiger partial charge in [-0.2, -0.15) is 0 Å². The zero-order valence-corrected chi connectivity index (χ0v) is 8.02. The number of carbonyl (C=O) groups is 1. The summed E-state index contributed by atoms with van der Waals surface area (Å²) in [5.41, 5.74) is 0. The van der Waals surface area contributed by atoms with Crippen LogP contribution in [0, 0.1) is 5.92 Å². The highest BCUT2D eigenvalue weighted by Gasteiger charge is 2.05. The van der Waals surface area contributed by atoms with Gasteiger partial charge < -0.3 is 4.79 Å². The van der Waals surface area contributed by atoms with E-state index in [4.69, 9.17) is 0 Å². The number of hydrogen-bond acceptors (Lipinski definition) is 1. The first-order valence-corrected chi connectivity index (χ1v) is 4.70. The van der Waals surface area contributed by atoms with Gasteiger partial charge >= 0.3 is 0 Å². The molecule has 0 saturated heterocycles. The van der Waals surface area contributed by atoms with Crippen molar-refractivity contribution in [3.8, 4) is 0 Å². The van der Waals surface area contributed by atoms with E-state index in [1.54, 1.807) is 6.92 Å². The van der Waals surface area contributed by atoms with Gasteiger partial charge in [0.2, 0.25) is 0 Å². The van der Waals surface area contributed by atoms with Crippen molar-refractivity contribution < 1.29 is 4.79 Å². The van der Waals surface area contributed by atoms with Crippen molar-refractivity contribution in [2.45, 2.75) is 52.9 Å². The van der Waals surface area contributed by atoms with Crippen LogP contribution in [0.4, 0.5) is 0 Å². The van der Waals surface area contributed by atoms with Gasteiger partial charge in [0, 0.05) is 6.42 Å². The maximum absolute atomic E-state index is 10.7. The smallest absolute Gasteiger partial charge is 0.129 e. The molecule has 0 amide bonds. The highest BCUT2D eigenvalue weighted by atomic mass is 16.1. The van der Waals surface area contributed by atoms with E-state index in [0.29, 0.717) is 5.78 Å². The predicted octanol–water partition coefficient (Wildman–Crippen LogP) is 3.18. The minimum absolute atomic E-state index is 0.333. The Morgan fingerprint density at radius 1 is 1.27 bits per heavy atom. The average Bonchev–Trinajstić information content (AvgIpc) is 1.97. The van der Waals surface area contributed by atoms with E-state index >= 15 is 0 Å². The lowest BCUT2D eigenvalue weighted by Gasteiger charge is -2.11. The number of rotatable bonds is 6. The molecule has 0 spiro atoms. The minimum Gasteiger partial charge on any atom is -0.300 e. The molecule has 0 fully saturated rings. The summed E-state index contributed by atoms with van der Waals surface area (Å²) in [5.74, 6) is 1.11. The van der Waals surface area contributed by atoms with Crippen LogP contribution in [0.2, 0.25) is 0 Å². The van der Waals surface area contributed by atoms with E-state index < -0.39 is 0 Å². The Kier molecular flexibility index (Phi) is 6.19. The van der Waals surface area contributed by atoms with Gasteiger partial charge in [-0.25, -0.2) is 0 Å². The van der Waals surface area contributed by atoms with Crippen LogP contribution in [-0.4, -0.2) is 5.78 Å². The van der Waals surface area contributed by atoms with Crippen molar-refractivity contribution in [3.05, 3.63) is 0 Å². The summed E-state index contributed by atoms with van der Waals surface area (Å²) >= 11 is 0. The normalized spacial score (nSPS) is 13.0. The van der Waals surface area contributed by atoms with Gasteiger partial charge in [-0.15, -0.1) is 0 Å². The molecule has 0 rings (SSSR count). The molecule has 0 aromatic heterocycles. The number of ketones is 1. The highest BCUT2D eigenvalue weighted by molar-refractivity contribution is 5.75. The summed E-state index contributed by atoms with van der Waals surface area (Å²) in [6, 6.07) is 0. The second-order valence-corrected chi connectivity index (χ2v) is 3.30. The molecule has 0 heterocycles. The van der Waals surface area contributed by atoms with Gasteiger partial charge in [0.25, 0.3) is 0 Å². The van der Waals surface area contributed by atoms with Crippen LogP contribution < -0.4 is 0 Å². The summed E-state index contributed by atoms with van der Waals surface area (Å²) in [6.45, 7) is 6.09. The van der Waals surface area contributed by atoms with Gasteiger partial charge in [-0.05, 0) is 19.3 Å². The maximum atomic E-state index is 10.7. The fraction of sp³-hybridized carbons (Fsp3) is 0.900. The zero-order chi connectivity index (χ0) is 8.69. The van der Waals surface area contributed by atoms with E-state index in [-0.39, 0.29) is 0 Å². The molecule has 0 aromatic carbocycles. The second-order valence-electron chi connectivity index (χ2n) is 3.30. The Hall–Kier alpha value is -0.330. The molecule has 11 heavy (non-hydrogen) atoms. The molecule has 0 aliphatic carbocycles. The molecule has 0 aliphatic heterocycles. The highest BCUT2D eigenvalue weighted by Crippen LogP contribution is 2.16. The lowest BCUT2D eigenvalue weighted by atomic mass is 9.94. The molecule has 66 valence electrons. The lowest BCUT2D eigenvalue weighted by Crippen LogP contribution is -2.01. The third-order valence-corrected chi connectivity index (χ3v) is 2.18. The third kappa shape index (κ3) is 6.08. The standard InChI is InChI=1S/C10H20O/c1-4-6-10(5-2)8-7-9(3)11/h10H,4-8H2,1-3H3. The molecule has 1 atom stereocenters. The first-order chi connectivity index (χ1) is 5.20. The van der Waals surface area contributed by atoms with Gasteiger partial charge in [0.1, 0.15) is 5.78 Å². The van der Waals surface area contributed by atoms with E-state index in [1.165, 1.54) is 19.3 Å². The molecule has 0 aromatic rings. The summed E-state index contributed by atoms with van der Waals surface area (Å²) in [5, 5.41) is 0. The van der Waals surface area contributed by atoms with Crippen LogP contribution in [0.1, 0.15) is 52.9 Å². The topological polar surface area (TPSA) is 17.1 Å². The van der Waals surface area contributed by atoms with Crippen molar-refractivity contribution in [1.29, 1.82) is 0 Å². The minimum atomic E-state index is 0.333. The van der Waals surface area contributed by atoms with Crippen molar-refractivity contribution in [2.24, 2.45) is 5.92 Å². The van der Waals surface area contributed by atoms with Gasteiger partial charge in [-0.3, -0.25) is 0 Å². The lowest BCUT2D eigenvalue weighted by molar-refractivity contribution is -0.117. The third-order valence-electron chi connectivity index (χ3n) is 2.18. The van der Waals surface area contributed by atoms with Crippen molar-refractivity contribution >= 4 is 5.78 Å². The molecule has 0 bridgehead atoms. The van der Waals surface area contributed by atoms with E-state index in [9.17, 15) is 4.79 Å². The van der Waals surface area contributed by atoms with Crippen LogP contribution in [0.15, 0.2) is 0 Å². The van der Waals surface area contributed by atoms with Crippen LogP contribution in [0.25, 0.3) is 0 Å². The maximum Gasteiger partial charge on any atom is 0.129 e. The molecule has 1 nitrogen and oxygen atoms in total. The fourth-order valence-electron chi connectivity index (χ4n) is 1.37. The monoisotopic (exact) mass is 156 g/mol. The van der Waals surface area contributed by atoms with Crippen LogP contribution >= 0.6 is 0 Å². The summed E-state index contributed by atoms with van der Waals surface area (Å²) in [7, 11) is 0. The number of Topliss-reactive ketones (excluding diaryl/α,β-unsaturated/α-hetero) is 1. The van der Waals surface area contributed by atoms with E-state index in [0.717, 1.165) is 18.8 Å². The number of carbonyl (C=O) groups excluding carboxylic acids is 1. The first-order valence-electron chi connectivity index (χ1n) is 4.70.